The highest BCUT2D eigenvalue weighted by Gasteiger charge is 2.39. The van der Waals surface area contributed by atoms with Crippen molar-refractivity contribution < 1.29 is 23.9 Å². The lowest BCUT2D eigenvalue weighted by Gasteiger charge is -2.29. The van der Waals surface area contributed by atoms with Crippen molar-refractivity contribution in [2.45, 2.75) is 45.4 Å². The number of nitrogens with one attached hydrogen (secondary N) is 1. The molecule has 2 aromatic rings. The quantitative estimate of drug-likeness (QED) is 0.583. The van der Waals surface area contributed by atoms with Crippen LogP contribution in [-0.4, -0.2) is 65.8 Å². The summed E-state index contributed by atoms with van der Waals surface area (Å²) in [6.45, 7) is 5.88. The van der Waals surface area contributed by atoms with Gasteiger partial charge in [-0.3, -0.25) is 29.4 Å². The van der Waals surface area contributed by atoms with Crippen LogP contribution in [0.15, 0.2) is 36.4 Å². The van der Waals surface area contributed by atoms with Gasteiger partial charge in [0.1, 0.15) is 6.04 Å². The lowest BCUT2D eigenvalue weighted by Crippen LogP contribution is -2.52. The van der Waals surface area contributed by atoms with Crippen LogP contribution >= 0.6 is 11.6 Å². The van der Waals surface area contributed by atoms with E-state index in [0.717, 1.165) is 35.5 Å². The monoisotopic (exact) mass is 524 g/mol. The number of hydrogen-bond acceptors (Lipinski definition) is 6. The maximum atomic E-state index is 13.0. The van der Waals surface area contributed by atoms with Crippen LogP contribution in [0, 0.1) is 0 Å². The minimum Gasteiger partial charge on any atom is -0.379 e. The van der Waals surface area contributed by atoms with Crippen molar-refractivity contribution in [1.82, 2.24) is 15.1 Å². The molecule has 0 spiro atoms. The topological polar surface area (TPSA) is 99.3 Å². The first-order valence-corrected chi connectivity index (χ1v) is 12.8. The van der Waals surface area contributed by atoms with Crippen LogP contribution < -0.4 is 10.2 Å². The number of rotatable bonds is 6. The number of nitrogens with zero attached hydrogens (tertiary/aromatic N) is 3. The molecule has 10 heteroatoms. The van der Waals surface area contributed by atoms with Crippen LogP contribution in [0.3, 0.4) is 0 Å². The van der Waals surface area contributed by atoms with Crippen LogP contribution in [0.2, 0.25) is 5.02 Å². The van der Waals surface area contributed by atoms with E-state index in [1.165, 1.54) is 11.8 Å². The Hall–Kier alpha value is -3.27. The molecule has 0 aromatic heterocycles. The molecule has 4 amide bonds. The van der Waals surface area contributed by atoms with Crippen molar-refractivity contribution in [2.24, 2.45) is 0 Å². The second-order valence-corrected chi connectivity index (χ2v) is 10.1. The largest absolute Gasteiger partial charge is 0.379 e. The van der Waals surface area contributed by atoms with Gasteiger partial charge in [-0.1, -0.05) is 23.7 Å². The molecule has 37 heavy (non-hydrogen) atoms. The summed E-state index contributed by atoms with van der Waals surface area (Å²) in [6.07, 6.45) is 0.530. The van der Waals surface area contributed by atoms with E-state index in [4.69, 9.17) is 16.3 Å². The Kier molecular flexibility index (Phi) is 7.28. The Labute approximate surface area is 220 Å². The van der Waals surface area contributed by atoms with E-state index in [1.807, 2.05) is 30.3 Å². The summed E-state index contributed by atoms with van der Waals surface area (Å²) < 4.78 is 5.43. The molecular formula is C27H29ClN4O5. The minimum absolute atomic E-state index is 0.110. The van der Waals surface area contributed by atoms with E-state index in [1.54, 1.807) is 11.0 Å². The summed E-state index contributed by atoms with van der Waals surface area (Å²) in [7, 11) is 0. The first-order chi connectivity index (χ1) is 17.8. The maximum absolute atomic E-state index is 13.0. The number of benzene rings is 2. The lowest BCUT2D eigenvalue weighted by atomic mass is 10.0. The predicted octanol–water partition coefficient (Wildman–Crippen LogP) is 2.49. The zero-order valence-electron chi connectivity index (χ0n) is 20.7. The van der Waals surface area contributed by atoms with Gasteiger partial charge in [0, 0.05) is 55.8 Å². The smallest absolute Gasteiger partial charge is 0.255 e. The van der Waals surface area contributed by atoms with E-state index < -0.39 is 11.9 Å². The van der Waals surface area contributed by atoms with Gasteiger partial charge in [0.15, 0.2) is 0 Å². The molecule has 0 radical (unpaired) electrons. The SMILES string of the molecule is CC(=O)N(Cc1ccc2c(c1)CN(C1CCC(=O)NC1=O)C2=O)c1ccc(Cl)c(CN2CCOCC2)c1. The Bertz CT molecular complexity index is 1260. The van der Waals surface area contributed by atoms with Crippen molar-refractivity contribution in [3.8, 4) is 0 Å². The first kappa shape index (κ1) is 25.4. The summed E-state index contributed by atoms with van der Waals surface area (Å²) >= 11 is 6.49. The van der Waals surface area contributed by atoms with Gasteiger partial charge in [0.05, 0.1) is 19.8 Å². The van der Waals surface area contributed by atoms with Crippen LogP contribution in [0.4, 0.5) is 5.69 Å². The van der Waals surface area contributed by atoms with Gasteiger partial charge in [-0.15, -0.1) is 0 Å². The third-order valence-corrected chi connectivity index (χ3v) is 7.52. The summed E-state index contributed by atoms with van der Waals surface area (Å²) in [5, 5.41) is 2.98. The number of carbonyl (C=O) groups is 4. The fraction of sp³-hybridized carbons (Fsp3) is 0.407. The number of piperidine rings is 1. The van der Waals surface area contributed by atoms with Gasteiger partial charge < -0.3 is 14.5 Å². The lowest BCUT2D eigenvalue weighted by molar-refractivity contribution is -0.137. The van der Waals surface area contributed by atoms with E-state index in [0.29, 0.717) is 49.9 Å². The highest BCUT2D eigenvalue weighted by molar-refractivity contribution is 6.31. The maximum Gasteiger partial charge on any atom is 0.255 e. The van der Waals surface area contributed by atoms with Gasteiger partial charge in [0.25, 0.3) is 5.91 Å². The van der Waals surface area contributed by atoms with Crippen LogP contribution in [0.5, 0.6) is 0 Å². The van der Waals surface area contributed by atoms with Crippen molar-refractivity contribution in [3.05, 3.63) is 63.7 Å². The normalized spacial score (nSPS) is 20.1. The Balaban J connectivity index is 1.33. The van der Waals surface area contributed by atoms with E-state index in [2.05, 4.69) is 10.2 Å². The molecule has 2 aromatic carbocycles. The molecule has 0 saturated carbocycles. The van der Waals surface area contributed by atoms with Crippen molar-refractivity contribution in [3.63, 3.8) is 0 Å². The molecule has 5 rings (SSSR count). The Morgan fingerprint density at radius 3 is 2.65 bits per heavy atom. The molecule has 3 aliphatic heterocycles. The Morgan fingerprint density at radius 2 is 1.92 bits per heavy atom. The summed E-state index contributed by atoms with van der Waals surface area (Å²) in [5.41, 5.74) is 3.92. The van der Waals surface area contributed by atoms with E-state index >= 15 is 0 Å². The molecule has 0 bridgehead atoms. The Morgan fingerprint density at radius 1 is 1.14 bits per heavy atom. The number of amides is 4. The molecule has 2 fully saturated rings. The summed E-state index contributed by atoms with van der Waals surface area (Å²) in [6, 6.07) is 10.5. The molecule has 1 atom stereocenters. The standard InChI is InChI=1S/C27H29ClN4O5/c1-17(33)31(21-3-5-23(28)20(13-21)15-30-8-10-37-11-9-30)14-18-2-4-22-19(12-18)16-32(27(22)36)24-6-7-25(34)29-26(24)35/h2-5,12-13,24H,6-11,14-16H2,1H3,(H,29,34,35). The number of ether oxygens (including phenoxy) is 1. The average molecular weight is 525 g/mol. The predicted molar refractivity (Wildman–Crippen MR) is 137 cm³/mol. The number of fused-ring (bicyclic) bond motifs is 1. The number of hydrogen-bond donors (Lipinski definition) is 1. The van der Waals surface area contributed by atoms with Gasteiger partial charge in [-0.05, 0) is 47.4 Å². The number of anilines is 1. The van der Waals surface area contributed by atoms with Gasteiger partial charge in [0.2, 0.25) is 17.7 Å². The number of morpholine rings is 1. The van der Waals surface area contributed by atoms with Crippen LogP contribution in [0.25, 0.3) is 0 Å². The van der Waals surface area contributed by atoms with Crippen molar-refractivity contribution in [1.29, 1.82) is 0 Å². The summed E-state index contributed by atoms with van der Waals surface area (Å²) in [4.78, 5) is 55.0. The van der Waals surface area contributed by atoms with E-state index in [-0.39, 0.29) is 24.1 Å². The second kappa shape index (κ2) is 10.6. The highest BCUT2D eigenvalue weighted by Crippen LogP contribution is 2.30. The zero-order chi connectivity index (χ0) is 26.1. The molecular weight excluding hydrogens is 496 g/mol. The average Bonchev–Trinajstić information content (AvgIpc) is 3.20. The molecule has 0 aliphatic carbocycles. The van der Waals surface area contributed by atoms with Gasteiger partial charge >= 0.3 is 0 Å². The fourth-order valence-corrected chi connectivity index (χ4v) is 5.32. The molecule has 9 nitrogen and oxygen atoms in total. The van der Waals surface area contributed by atoms with Crippen LogP contribution in [0.1, 0.15) is 46.8 Å². The molecule has 194 valence electrons. The van der Waals surface area contributed by atoms with Gasteiger partial charge in [-0.2, -0.15) is 0 Å². The fourth-order valence-electron chi connectivity index (χ4n) is 5.14. The second-order valence-electron chi connectivity index (χ2n) is 9.66. The number of imide groups is 1. The molecule has 2 saturated heterocycles. The van der Waals surface area contributed by atoms with Crippen molar-refractivity contribution in [2.75, 3.05) is 31.2 Å². The number of halogens is 1. The van der Waals surface area contributed by atoms with Gasteiger partial charge in [-0.25, -0.2) is 0 Å². The third-order valence-electron chi connectivity index (χ3n) is 7.15. The molecule has 1 N–H and O–H groups in total. The van der Waals surface area contributed by atoms with Crippen molar-refractivity contribution >= 4 is 40.9 Å². The van der Waals surface area contributed by atoms with Crippen LogP contribution in [-0.2, 0) is 38.8 Å². The summed E-state index contributed by atoms with van der Waals surface area (Å²) in [5.74, 6) is -1.07. The molecule has 3 heterocycles. The first-order valence-electron chi connectivity index (χ1n) is 12.4. The molecule has 3 aliphatic rings. The highest BCUT2D eigenvalue weighted by atomic mass is 35.5. The third kappa shape index (κ3) is 5.39. The number of carbonyl (C=O) groups excluding carboxylic acids is 4. The minimum atomic E-state index is -0.659. The van der Waals surface area contributed by atoms with E-state index in [9.17, 15) is 19.2 Å². The zero-order valence-corrected chi connectivity index (χ0v) is 21.4. The molecule has 1 unspecified atom stereocenters.